The topological polar surface area (TPSA) is 62.8 Å². The van der Waals surface area contributed by atoms with Gasteiger partial charge in [0.2, 0.25) is 0 Å². The molecule has 0 saturated heterocycles. The maximum absolute atomic E-state index is 12.8. The van der Waals surface area contributed by atoms with Gasteiger partial charge in [0.1, 0.15) is 0 Å². The third-order valence-corrected chi connectivity index (χ3v) is 6.01. The van der Waals surface area contributed by atoms with Crippen molar-refractivity contribution >= 4 is 44.7 Å². The lowest BCUT2D eigenvalue weighted by atomic mass is 9.98. The van der Waals surface area contributed by atoms with Crippen molar-refractivity contribution in [2.75, 3.05) is 0 Å². The maximum atomic E-state index is 12.8. The first kappa shape index (κ1) is 18.3. The lowest BCUT2D eigenvalue weighted by Crippen LogP contribution is -2.12. The highest BCUT2D eigenvalue weighted by Crippen LogP contribution is 2.42. The lowest BCUT2D eigenvalue weighted by Gasteiger charge is -2.10. The highest BCUT2D eigenvalue weighted by Gasteiger charge is 2.30. The van der Waals surface area contributed by atoms with Crippen LogP contribution in [0.3, 0.4) is 0 Å². The number of amides is 1. The van der Waals surface area contributed by atoms with E-state index in [0.29, 0.717) is 19.5 Å². The van der Waals surface area contributed by atoms with E-state index in [1.54, 1.807) is 0 Å². The third-order valence-electron chi connectivity index (χ3n) is 6.01. The van der Waals surface area contributed by atoms with E-state index in [4.69, 9.17) is 0 Å². The van der Waals surface area contributed by atoms with Crippen molar-refractivity contribution in [1.29, 1.82) is 5.26 Å². The van der Waals surface area contributed by atoms with Gasteiger partial charge in [-0.1, -0.05) is 36.4 Å². The molecule has 0 spiro atoms. The molecule has 1 amide bonds. The molecule has 3 heterocycles. The SMILES string of the molecule is C/C=C\C=C/c1cc2c3c(c4c5ccccc5n(CCC#N)c4c2n1C)CNC3=O. The van der Waals surface area contributed by atoms with Crippen molar-refractivity contribution < 1.29 is 4.79 Å². The van der Waals surface area contributed by atoms with Gasteiger partial charge in [-0.2, -0.15) is 5.26 Å². The van der Waals surface area contributed by atoms with Crippen LogP contribution in [0.4, 0.5) is 0 Å². The molecule has 0 aliphatic carbocycles. The Hall–Kier alpha value is -3.78. The van der Waals surface area contributed by atoms with Gasteiger partial charge < -0.3 is 14.5 Å². The monoisotopic (exact) mass is 394 g/mol. The van der Waals surface area contributed by atoms with Gasteiger partial charge in [-0.3, -0.25) is 4.79 Å². The zero-order valence-corrected chi connectivity index (χ0v) is 17.1. The number of allylic oxidation sites excluding steroid dienone is 3. The number of carbonyl (C=O) groups excluding carboxylic acids is 1. The average Bonchev–Trinajstić information content (AvgIpc) is 3.39. The second-order valence-corrected chi connectivity index (χ2v) is 7.61. The van der Waals surface area contributed by atoms with Gasteiger partial charge in [0.15, 0.2) is 0 Å². The number of hydrogen-bond donors (Lipinski definition) is 1. The number of nitrogens with one attached hydrogen (secondary N) is 1. The molecule has 30 heavy (non-hydrogen) atoms. The highest BCUT2D eigenvalue weighted by atomic mass is 16.1. The Morgan fingerprint density at radius 2 is 2.03 bits per heavy atom. The molecule has 148 valence electrons. The van der Waals surface area contributed by atoms with E-state index in [0.717, 1.165) is 49.5 Å². The minimum atomic E-state index is -0.0136. The first-order valence-corrected chi connectivity index (χ1v) is 10.2. The number of rotatable bonds is 4. The molecule has 5 rings (SSSR count). The Labute approximate surface area is 174 Å². The van der Waals surface area contributed by atoms with Crippen molar-refractivity contribution in [3.63, 3.8) is 0 Å². The molecule has 0 bridgehead atoms. The second-order valence-electron chi connectivity index (χ2n) is 7.61. The van der Waals surface area contributed by atoms with E-state index >= 15 is 0 Å². The van der Waals surface area contributed by atoms with E-state index < -0.39 is 0 Å². The van der Waals surface area contributed by atoms with Crippen LogP contribution in [0, 0.1) is 11.3 Å². The fourth-order valence-electron chi connectivity index (χ4n) is 4.75. The van der Waals surface area contributed by atoms with Gasteiger partial charge in [0.05, 0.1) is 29.1 Å². The minimum absolute atomic E-state index is 0.0136. The molecule has 5 heteroatoms. The Morgan fingerprint density at radius 3 is 2.83 bits per heavy atom. The summed E-state index contributed by atoms with van der Waals surface area (Å²) in [6, 6.07) is 12.7. The quantitative estimate of drug-likeness (QED) is 0.493. The molecule has 2 aromatic carbocycles. The number of para-hydroxylation sites is 1. The van der Waals surface area contributed by atoms with Crippen LogP contribution in [-0.4, -0.2) is 15.0 Å². The summed E-state index contributed by atoms with van der Waals surface area (Å²) in [6.07, 6.45) is 8.49. The molecule has 5 nitrogen and oxygen atoms in total. The largest absolute Gasteiger partial charge is 0.348 e. The number of nitrogens with zero attached hydrogens (tertiary/aromatic N) is 3. The number of carbonyl (C=O) groups is 1. The number of aryl methyl sites for hydroxylation is 2. The molecule has 4 aromatic rings. The van der Waals surface area contributed by atoms with E-state index in [1.807, 2.05) is 44.3 Å². The average molecular weight is 394 g/mol. The summed E-state index contributed by atoms with van der Waals surface area (Å²) in [5.41, 5.74) is 6.12. The Morgan fingerprint density at radius 1 is 1.20 bits per heavy atom. The summed E-state index contributed by atoms with van der Waals surface area (Å²) < 4.78 is 4.41. The van der Waals surface area contributed by atoms with Crippen LogP contribution >= 0.6 is 0 Å². The van der Waals surface area contributed by atoms with Gasteiger partial charge in [0, 0.05) is 47.5 Å². The molecule has 2 aromatic heterocycles. The highest BCUT2D eigenvalue weighted by molar-refractivity contribution is 6.25. The summed E-state index contributed by atoms with van der Waals surface area (Å²) in [4.78, 5) is 12.8. The van der Waals surface area contributed by atoms with Crippen LogP contribution in [-0.2, 0) is 20.1 Å². The summed E-state index contributed by atoms with van der Waals surface area (Å²) >= 11 is 0. The van der Waals surface area contributed by atoms with Gasteiger partial charge in [-0.05, 0) is 30.7 Å². The van der Waals surface area contributed by atoms with Crippen molar-refractivity contribution in [2.24, 2.45) is 7.05 Å². The van der Waals surface area contributed by atoms with E-state index in [9.17, 15) is 10.1 Å². The van der Waals surface area contributed by atoms with Crippen molar-refractivity contribution in [3.05, 3.63) is 65.4 Å². The van der Waals surface area contributed by atoms with E-state index in [-0.39, 0.29) is 5.91 Å². The molecule has 0 atom stereocenters. The fraction of sp³-hybridized carbons (Fsp3) is 0.200. The van der Waals surface area contributed by atoms with Gasteiger partial charge in [0.25, 0.3) is 5.91 Å². The predicted molar refractivity (Wildman–Crippen MR) is 121 cm³/mol. The minimum Gasteiger partial charge on any atom is -0.348 e. The fourth-order valence-corrected chi connectivity index (χ4v) is 4.75. The molecule has 1 N–H and O–H groups in total. The zero-order chi connectivity index (χ0) is 20.8. The van der Waals surface area contributed by atoms with Gasteiger partial charge in [-0.15, -0.1) is 0 Å². The number of nitriles is 1. The number of benzene rings is 2. The first-order valence-electron chi connectivity index (χ1n) is 10.2. The molecular formula is C25H22N4O. The molecule has 1 aliphatic rings. The Balaban J connectivity index is 2.00. The lowest BCUT2D eigenvalue weighted by molar-refractivity contribution is 0.0967. The van der Waals surface area contributed by atoms with Gasteiger partial charge in [-0.25, -0.2) is 0 Å². The maximum Gasteiger partial charge on any atom is 0.252 e. The number of fused-ring (bicyclic) bond motifs is 8. The Bertz CT molecular complexity index is 1440. The smallest absolute Gasteiger partial charge is 0.252 e. The number of aromatic nitrogens is 2. The van der Waals surface area contributed by atoms with Crippen molar-refractivity contribution in [1.82, 2.24) is 14.5 Å². The molecule has 0 radical (unpaired) electrons. The van der Waals surface area contributed by atoms with Crippen LogP contribution < -0.4 is 5.32 Å². The van der Waals surface area contributed by atoms with Crippen LogP contribution in [0.15, 0.2) is 48.6 Å². The summed E-state index contributed by atoms with van der Waals surface area (Å²) in [6.45, 7) is 3.14. The van der Waals surface area contributed by atoms with Crippen LogP contribution in [0.25, 0.3) is 38.8 Å². The normalized spacial score (nSPS) is 13.8. The van der Waals surface area contributed by atoms with E-state index in [2.05, 4.69) is 44.8 Å². The zero-order valence-electron chi connectivity index (χ0n) is 17.1. The van der Waals surface area contributed by atoms with Crippen LogP contribution in [0.2, 0.25) is 0 Å². The summed E-state index contributed by atoms with van der Waals surface area (Å²) in [5, 5.41) is 15.5. The van der Waals surface area contributed by atoms with Gasteiger partial charge >= 0.3 is 0 Å². The van der Waals surface area contributed by atoms with Crippen LogP contribution in [0.1, 0.15) is 35.0 Å². The summed E-state index contributed by atoms with van der Waals surface area (Å²) in [5.74, 6) is -0.0136. The molecule has 0 unspecified atom stereocenters. The first-order chi connectivity index (χ1) is 14.7. The molecule has 0 saturated carbocycles. The second kappa shape index (κ2) is 6.93. The third kappa shape index (κ3) is 2.44. The molecule has 0 fully saturated rings. The predicted octanol–water partition coefficient (Wildman–Crippen LogP) is 5.03. The molecule has 1 aliphatic heterocycles. The van der Waals surface area contributed by atoms with Crippen molar-refractivity contribution in [2.45, 2.75) is 26.4 Å². The van der Waals surface area contributed by atoms with Crippen molar-refractivity contribution in [3.8, 4) is 6.07 Å². The van der Waals surface area contributed by atoms with E-state index in [1.165, 1.54) is 0 Å². The Kier molecular flexibility index (Phi) is 4.22. The standard InChI is InChI=1S/C25H22N4O/c1-3-4-5-9-16-14-18-22-19(15-27-25(22)30)21-17-10-6-7-11-20(17)29(13-8-12-26)24(21)23(18)28(16)2/h3-7,9-11,14H,8,13,15H2,1-2H3,(H,27,30)/b4-3-,9-5-. The summed E-state index contributed by atoms with van der Waals surface area (Å²) in [7, 11) is 2.04. The molecular weight excluding hydrogens is 372 g/mol. The van der Waals surface area contributed by atoms with Crippen LogP contribution in [0.5, 0.6) is 0 Å². The number of hydrogen-bond acceptors (Lipinski definition) is 2.